The largest absolute Gasteiger partial charge is 0.396 e. The molecule has 8 unspecified atom stereocenters. The highest BCUT2D eigenvalue weighted by atomic mass is 16.5. The molecule has 3 saturated carbocycles. The Morgan fingerprint density at radius 3 is 2.42 bits per heavy atom. The molecular formula is C31H54O2. The lowest BCUT2D eigenvalue weighted by Crippen LogP contribution is -2.42. The van der Waals surface area contributed by atoms with Gasteiger partial charge in [-0.05, 0) is 112 Å². The van der Waals surface area contributed by atoms with Crippen LogP contribution in [0, 0.1) is 47.3 Å². The minimum Gasteiger partial charge on any atom is -0.396 e. The molecule has 33 heavy (non-hydrogen) atoms. The molecule has 0 amide bonds. The zero-order valence-electron chi connectivity index (χ0n) is 22.1. The van der Waals surface area contributed by atoms with Gasteiger partial charge in [0.05, 0.1) is 6.10 Å². The lowest BCUT2D eigenvalue weighted by atomic mass is 9.56. The van der Waals surface area contributed by atoms with Gasteiger partial charge in [-0.1, -0.05) is 64.5 Å². The molecule has 0 heterocycles. The molecule has 3 fully saturated rings. The maximum atomic E-state index is 8.92. The van der Waals surface area contributed by atoms with Crippen LogP contribution in [0.4, 0.5) is 0 Å². The van der Waals surface area contributed by atoms with Crippen LogP contribution in [-0.2, 0) is 4.74 Å². The van der Waals surface area contributed by atoms with Crippen molar-refractivity contribution < 1.29 is 9.84 Å². The second-order valence-corrected chi connectivity index (χ2v) is 12.8. The summed E-state index contributed by atoms with van der Waals surface area (Å²) in [7, 11) is 0. The molecule has 2 nitrogen and oxygen atoms in total. The van der Waals surface area contributed by atoms with Crippen molar-refractivity contribution in [1.29, 1.82) is 0 Å². The summed E-state index contributed by atoms with van der Waals surface area (Å²) in [6.45, 7) is 8.60. The topological polar surface area (TPSA) is 29.5 Å². The van der Waals surface area contributed by atoms with Crippen LogP contribution in [0.25, 0.3) is 0 Å². The zero-order chi connectivity index (χ0) is 23.2. The van der Waals surface area contributed by atoms with Crippen LogP contribution < -0.4 is 0 Å². The Balaban J connectivity index is 1.26. The summed E-state index contributed by atoms with van der Waals surface area (Å²) in [6, 6.07) is 0. The average Bonchev–Trinajstić information content (AvgIpc) is 3.25. The van der Waals surface area contributed by atoms with Gasteiger partial charge in [0, 0.05) is 13.2 Å². The van der Waals surface area contributed by atoms with Crippen LogP contribution in [0.2, 0.25) is 0 Å². The average molecular weight is 459 g/mol. The summed E-state index contributed by atoms with van der Waals surface area (Å²) >= 11 is 0. The van der Waals surface area contributed by atoms with Gasteiger partial charge in [0.2, 0.25) is 0 Å². The third-order valence-corrected chi connectivity index (χ3v) is 10.4. The van der Waals surface area contributed by atoms with Gasteiger partial charge in [-0.15, -0.1) is 0 Å². The summed E-state index contributed by atoms with van der Waals surface area (Å²) in [4.78, 5) is 0. The van der Waals surface area contributed by atoms with Gasteiger partial charge in [0.25, 0.3) is 0 Å². The first-order valence-electron chi connectivity index (χ1n) is 15.0. The highest BCUT2D eigenvalue weighted by Gasteiger charge is 2.50. The fraction of sp³-hybridized carbons (Fsp3) is 0.935. The molecule has 0 bridgehead atoms. The molecule has 2 heteroatoms. The smallest absolute Gasteiger partial charge is 0.0612 e. The summed E-state index contributed by atoms with van der Waals surface area (Å²) < 4.78 is 6.30. The lowest BCUT2D eigenvalue weighted by Gasteiger charge is -2.50. The number of allylic oxidation sites excluding steroid dienone is 1. The Morgan fingerprint density at radius 1 is 0.818 bits per heavy atom. The second kappa shape index (κ2) is 12.6. The standard InChI is InChI=1S/C31H54O2/c1-22(2)9-8-10-23(3)26-15-16-31-28(26)17-18-29-27-14-12-25(21-24(27)11-13-30(29)31)33-20-7-5-4-6-19-32/h11,22-23,25-32H,4-10,12-21H2,1-3H3. The number of hydrogen-bond acceptors (Lipinski definition) is 2. The molecule has 0 aromatic carbocycles. The quantitative estimate of drug-likeness (QED) is 0.236. The maximum absolute atomic E-state index is 8.92. The number of ether oxygens (including phenoxy) is 1. The zero-order valence-corrected chi connectivity index (χ0v) is 22.1. The number of hydrogen-bond donors (Lipinski definition) is 1. The molecule has 4 rings (SSSR count). The third-order valence-electron chi connectivity index (χ3n) is 10.4. The van der Waals surface area contributed by atoms with Gasteiger partial charge in [0.15, 0.2) is 0 Å². The molecule has 190 valence electrons. The van der Waals surface area contributed by atoms with E-state index >= 15 is 0 Å². The lowest BCUT2D eigenvalue weighted by molar-refractivity contribution is 0.000779. The van der Waals surface area contributed by atoms with E-state index in [4.69, 9.17) is 9.84 Å². The SMILES string of the molecule is CC(C)CCCC(C)C1CCC2C1CCC1C3CCC(OCCCCCCO)CC3=CCC12. The van der Waals surface area contributed by atoms with Gasteiger partial charge in [-0.2, -0.15) is 0 Å². The number of fused-ring (bicyclic) bond motifs is 5. The van der Waals surface area contributed by atoms with Crippen LogP contribution >= 0.6 is 0 Å². The van der Waals surface area contributed by atoms with Gasteiger partial charge in [-0.25, -0.2) is 0 Å². The minimum atomic E-state index is 0.334. The monoisotopic (exact) mass is 458 g/mol. The van der Waals surface area contributed by atoms with Gasteiger partial charge < -0.3 is 9.84 Å². The van der Waals surface area contributed by atoms with E-state index < -0.39 is 0 Å². The number of rotatable bonds is 12. The van der Waals surface area contributed by atoms with E-state index in [9.17, 15) is 0 Å². The van der Waals surface area contributed by atoms with Crippen molar-refractivity contribution in [3.05, 3.63) is 11.6 Å². The first-order chi connectivity index (χ1) is 16.1. The summed E-state index contributed by atoms with van der Waals surface area (Å²) in [5, 5.41) is 8.92. The Kier molecular flexibility index (Phi) is 9.81. The van der Waals surface area contributed by atoms with E-state index in [2.05, 4.69) is 26.8 Å². The van der Waals surface area contributed by atoms with Crippen LogP contribution in [0.5, 0.6) is 0 Å². The Hall–Kier alpha value is -0.340. The maximum Gasteiger partial charge on any atom is 0.0612 e. The number of aliphatic hydroxyl groups is 1. The molecule has 4 aliphatic rings. The molecule has 0 aliphatic heterocycles. The number of aliphatic hydroxyl groups excluding tert-OH is 1. The Morgan fingerprint density at radius 2 is 1.61 bits per heavy atom. The van der Waals surface area contributed by atoms with Crippen LogP contribution in [-0.4, -0.2) is 24.4 Å². The molecule has 0 spiro atoms. The predicted octanol–water partition coefficient (Wildman–Crippen LogP) is 8.19. The number of unbranched alkanes of at least 4 members (excludes halogenated alkanes) is 3. The highest BCUT2D eigenvalue weighted by Crippen LogP contribution is 2.59. The van der Waals surface area contributed by atoms with Crippen LogP contribution in [0.3, 0.4) is 0 Å². The van der Waals surface area contributed by atoms with Gasteiger partial charge in [-0.3, -0.25) is 0 Å². The predicted molar refractivity (Wildman–Crippen MR) is 139 cm³/mol. The molecule has 8 atom stereocenters. The first-order valence-corrected chi connectivity index (χ1v) is 15.0. The second-order valence-electron chi connectivity index (χ2n) is 12.8. The van der Waals surface area contributed by atoms with Crippen molar-refractivity contribution in [2.75, 3.05) is 13.2 Å². The first kappa shape index (κ1) is 25.7. The van der Waals surface area contributed by atoms with Crippen molar-refractivity contribution in [3.63, 3.8) is 0 Å². The van der Waals surface area contributed by atoms with E-state index in [1.165, 1.54) is 77.0 Å². The molecule has 1 N–H and O–H groups in total. The van der Waals surface area contributed by atoms with E-state index in [0.29, 0.717) is 12.7 Å². The van der Waals surface area contributed by atoms with Crippen molar-refractivity contribution in [3.8, 4) is 0 Å². The molecule has 0 aromatic rings. The summed E-state index contributed by atoms with van der Waals surface area (Å²) in [5.74, 6) is 7.78. The van der Waals surface area contributed by atoms with Gasteiger partial charge in [0.1, 0.15) is 0 Å². The molecule has 0 saturated heterocycles. The van der Waals surface area contributed by atoms with E-state index in [0.717, 1.165) is 73.2 Å². The van der Waals surface area contributed by atoms with E-state index in [1.807, 2.05) is 0 Å². The van der Waals surface area contributed by atoms with E-state index in [1.54, 1.807) is 5.57 Å². The van der Waals surface area contributed by atoms with Crippen LogP contribution in [0.1, 0.15) is 117 Å². The van der Waals surface area contributed by atoms with Crippen molar-refractivity contribution in [2.24, 2.45) is 47.3 Å². The van der Waals surface area contributed by atoms with Crippen molar-refractivity contribution in [2.45, 2.75) is 123 Å². The van der Waals surface area contributed by atoms with Crippen molar-refractivity contribution in [1.82, 2.24) is 0 Å². The third kappa shape index (κ3) is 6.46. The molecular weight excluding hydrogens is 404 g/mol. The fourth-order valence-corrected chi connectivity index (χ4v) is 8.66. The van der Waals surface area contributed by atoms with Crippen molar-refractivity contribution >= 4 is 0 Å². The Bertz CT molecular complexity index is 610. The Labute approximate surface area is 205 Å². The molecule has 4 aliphatic carbocycles. The van der Waals surface area contributed by atoms with E-state index in [-0.39, 0.29) is 0 Å². The summed E-state index contributed by atoms with van der Waals surface area (Å²) in [6.07, 6.45) is 23.3. The highest BCUT2D eigenvalue weighted by molar-refractivity contribution is 5.19. The van der Waals surface area contributed by atoms with Gasteiger partial charge >= 0.3 is 0 Å². The molecule has 0 aromatic heterocycles. The molecule has 0 radical (unpaired) electrons. The minimum absolute atomic E-state index is 0.334. The normalized spacial score (nSPS) is 36.8. The fourth-order valence-electron chi connectivity index (χ4n) is 8.66. The van der Waals surface area contributed by atoms with Crippen LogP contribution in [0.15, 0.2) is 11.6 Å². The summed E-state index contributed by atoms with van der Waals surface area (Å²) in [5.41, 5.74) is 1.78.